The highest BCUT2D eigenvalue weighted by Gasteiger charge is 2.19. The van der Waals surface area contributed by atoms with E-state index in [4.69, 9.17) is 11.6 Å². The van der Waals surface area contributed by atoms with Crippen LogP contribution < -0.4 is 0 Å². The zero-order valence-corrected chi connectivity index (χ0v) is 11.3. The highest BCUT2D eigenvalue weighted by molar-refractivity contribution is 8.13. The van der Waals surface area contributed by atoms with Gasteiger partial charge in [-0.05, 0) is 37.1 Å². The number of halogens is 1. The van der Waals surface area contributed by atoms with Crippen molar-refractivity contribution in [1.82, 2.24) is 4.90 Å². The van der Waals surface area contributed by atoms with Crippen LogP contribution in [0, 0.1) is 0 Å². The monoisotopic (exact) mass is 287 g/mol. The summed E-state index contributed by atoms with van der Waals surface area (Å²) in [6.45, 7) is 1.51. The molecule has 0 radical (unpaired) electrons. The number of carbonyl (C=O) groups excluding carboxylic acids is 1. The zero-order chi connectivity index (χ0) is 13.1. The smallest absolute Gasteiger partial charge is 0.286 e. The van der Waals surface area contributed by atoms with Crippen LogP contribution in [0.1, 0.15) is 19.3 Å². The van der Waals surface area contributed by atoms with Gasteiger partial charge >= 0.3 is 0 Å². The van der Waals surface area contributed by atoms with Gasteiger partial charge in [0.15, 0.2) is 0 Å². The van der Waals surface area contributed by atoms with Gasteiger partial charge in [0, 0.05) is 19.2 Å². The lowest BCUT2D eigenvalue weighted by Gasteiger charge is -2.26. The molecule has 0 spiro atoms. The average molecular weight is 288 g/mol. The maximum atomic E-state index is 12.0. The van der Waals surface area contributed by atoms with E-state index in [1.54, 1.807) is 4.90 Å². The Bertz CT molecular complexity index is 461. The van der Waals surface area contributed by atoms with Crippen molar-refractivity contribution in [1.29, 1.82) is 0 Å². The number of nitrogens with zero attached hydrogens (tertiary/aromatic N) is 1. The number of thioether (sulfide) groups is 1. The van der Waals surface area contributed by atoms with E-state index in [9.17, 15) is 15.0 Å². The molecule has 1 saturated heterocycles. The molecule has 0 unspecified atom stereocenters. The van der Waals surface area contributed by atoms with Gasteiger partial charge in [-0.1, -0.05) is 11.6 Å². The Morgan fingerprint density at radius 3 is 2.50 bits per heavy atom. The normalized spacial score (nSPS) is 15.7. The number of carbonyl (C=O) groups is 1. The molecule has 0 aromatic heterocycles. The van der Waals surface area contributed by atoms with Gasteiger partial charge in [-0.3, -0.25) is 4.79 Å². The third-order valence-corrected chi connectivity index (χ3v) is 4.12. The van der Waals surface area contributed by atoms with Crippen molar-refractivity contribution < 1.29 is 15.0 Å². The first-order valence-electron chi connectivity index (χ1n) is 5.76. The molecule has 6 heteroatoms. The molecule has 1 amide bonds. The first-order chi connectivity index (χ1) is 8.58. The standard InChI is InChI=1S/C12H14ClNO3S/c13-8-6-10(16)11(7-9(8)15)18-12(17)14-4-2-1-3-5-14/h6-7,15-16H,1-5H2. The molecule has 1 aliphatic rings. The SMILES string of the molecule is O=C(Sc1cc(O)c(Cl)cc1O)N1CCCCC1. The van der Waals surface area contributed by atoms with Crippen molar-refractivity contribution in [3.8, 4) is 11.5 Å². The fourth-order valence-corrected chi connectivity index (χ4v) is 2.84. The zero-order valence-electron chi connectivity index (χ0n) is 9.73. The highest BCUT2D eigenvalue weighted by Crippen LogP contribution is 2.37. The molecular formula is C12H14ClNO3S. The number of likely N-dealkylation sites (tertiary alicyclic amines) is 1. The third kappa shape index (κ3) is 3.03. The summed E-state index contributed by atoms with van der Waals surface area (Å²) >= 11 is 6.57. The Balaban J connectivity index is 2.08. The fraction of sp³-hybridized carbons (Fsp3) is 0.417. The lowest BCUT2D eigenvalue weighted by molar-refractivity contribution is 0.211. The number of hydrogen-bond donors (Lipinski definition) is 2. The molecule has 0 aliphatic carbocycles. The van der Waals surface area contributed by atoms with Crippen LogP contribution in [-0.4, -0.2) is 33.4 Å². The molecular weight excluding hydrogens is 274 g/mol. The molecule has 0 saturated carbocycles. The summed E-state index contributed by atoms with van der Waals surface area (Å²) in [4.78, 5) is 14.1. The second-order valence-corrected chi connectivity index (χ2v) is 5.59. The van der Waals surface area contributed by atoms with Crippen molar-refractivity contribution in [3.63, 3.8) is 0 Å². The minimum Gasteiger partial charge on any atom is -0.507 e. The van der Waals surface area contributed by atoms with Gasteiger partial charge in [0.25, 0.3) is 5.24 Å². The average Bonchev–Trinajstić information content (AvgIpc) is 2.37. The van der Waals surface area contributed by atoms with Crippen LogP contribution in [0.15, 0.2) is 17.0 Å². The van der Waals surface area contributed by atoms with E-state index in [0.29, 0.717) is 4.90 Å². The minimum absolute atomic E-state index is 0.0715. The van der Waals surface area contributed by atoms with Gasteiger partial charge < -0.3 is 15.1 Å². The summed E-state index contributed by atoms with van der Waals surface area (Å²) in [5.74, 6) is -0.225. The Morgan fingerprint density at radius 1 is 1.17 bits per heavy atom. The Hall–Kier alpha value is -1.07. The molecule has 2 rings (SSSR count). The predicted octanol–water partition coefficient (Wildman–Crippen LogP) is 3.45. The van der Waals surface area contributed by atoms with Gasteiger partial charge in [0.1, 0.15) is 11.5 Å². The molecule has 1 aromatic rings. The van der Waals surface area contributed by atoms with Crippen molar-refractivity contribution in [2.75, 3.05) is 13.1 Å². The topological polar surface area (TPSA) is 60.8 Å². The van der Waals surface area contributed by atoms with Crippen LogP contribution in [0.5, 0.6) is 11.5 Å². The molecule has 0 atom stereocenters. The van der Waals surface area contributed by atoms with Gasteiger partial charge in [-0.25, -0.2) is 0 Å². The molecule has 1 aromatic carbocycles. The van der Waals surface area contributed by atoms with E-state index < -0.39 is 0 Å². The molecule has 98 valence electrons. The van der Waals surface area contributed by atoms with E-state index in [-0.39, 0.29) is 21.8 Å². The molecule has 18 heavy (non-hydrogen) atoms. The highest BCUT2D eigenvalue weighted by atomic mass is 35.5. The van der Waals surface area contributed by atoms with Crippen LogP contribution in [0.2, 0.25) is 5.02 Å². The van der Waals surface area contributed by atoms with Crippen LogP contribution in [-0.2, 0) is 0 Å². The van der Waals surface area contributed by atoms with Crippen LogP contribution >= 0.6 is 23.4 Å². The summed E-state index contributed by atoms with van der Waals surface area (Å²) in [5.41, 5.74) is 0. The summed E-state index contributed by atoms with van der Waals surface area (Å²) in [5, 5.41) is 19.1. The van der Waals surface area contributed by atoms with Gasteiger partial charge in [-0.2, -0.15) is 0 Å². The van der Waals surface area contributed by atoms with Gasteiger partial charge in [0.2, 0.25) is 0 Å². The van der Waals surface area contributed by atoms with Gasteiger partial charge in [-0.15, -0.1) is 0 Å². The first kappa shape index (κ1) is 13.4. The maximum Gasteiger partial charge on any atom is 0.286 e. The van der Waals surface area contributed by atoms with E-state index in [1.807, 2.05) is 0 Å². The second-order valence-electron chi connectivity index (χ2n) is 4.19. The van der Waals surface area contributed by atoms with Crippen LogP contribution in [0.4, 0.5) is 4.79 Å². The lowest BCUT2D eigenvalue weighted by atomic mass is 10.1. The summed E-state index contributed by atoms with van der Waals surface area (Å²) < 4.78 is 0. The minimum atomic E-state index is -0.136. The number of hydrogen-bond acceptors (Lipinski definition) is 4. The summed E-state index contributed by atoms with van der Waals surface area (Å²) in [7, 11) is 0. The summed E-state index contributed by atoms with van der Waals surface area (Å²) in [6.07, 6.45) is 3.19. The van der Waals surface area contributed by atoms with Crippen molar-refractivity contribution >= 4 is 28.6 Å². The van der Waals surface area contributed by atoms with Gasteiger partial charge in [0.05, 0.1) is 9.92 Å². The first-order valence-corrected chi connectivity index (χ1v) is 6.95. The maximum absolute atomic E-state index is 12.0. The Morgan fingerprint density at radius 2 is 1.83 bits per heavy atom. The fourth-order valence-electron chi connectivity index (χ4n) is 1.85. The number of phenols is 2. The number of phenolic OH excluding ortho intramolecular Hbond substituents is 2. The number of aromatic hydroxyl groups is 2. The molecule has 0 bridgehead atoms. The predicted molar refractivity (Wildman–Crippen MR) is 71.5 cm³/mol. The number of rotatable bonds is 1. The van der Waals surface area contributed by atoms with Crippen molar-refractivity contribution in [2.45, 2.75) is 24.2 Å². The van der Waals surface area contributed by atoms with Crippen LogP contribution in [0.3, 0.4) is 0 Å². The largest absolute Gasteiger partial charge is 0.507 e. The van der Waals surface area contributed by atoms with E-state index in [0.717, 1.165) is 44.1 Å². The molecule has 1 fully saturated rings. The molecule has 1 aliphatic heterocycles. The number of benzene rings is 1. The molecule has 2 N–H and O–H groups in total. The van der Waals surface area contributed by atoms with Crippen LogP contribution in [0.25, 0.3) is 0 Å². The number of piperidine rings is 1. The van der Waals surface area contributed by atoms with E-state index >= 15 is 0 Å². The van der Waals surface area contributed by atoms with E-state index in [1.165, 1.54) is 12.1 Å². The quantitative estimate of drug-likeness (QED) is 0.613. The molecule has 1 heterocycles. The Kier molecular flexibility index (Phi) is 4.24. The molecule has 4 nitrogen and oxygen atoms in total. The Labute approximate surface area is 115 Å². The summed E-state index contributed by atoms with van der Waals surface area (Å²) in [6, 6.07) is 2.55. The van der Waals surface area contributed by atoms with Crippen molar-refractivity contribution in [3.05, 3.63) is 17.2 Å². The lowest BCUT2D eigenvalue weighted by Crippen LogP contribution is -2.32. The second kappa shape index (κ2) is 5.71. The number of amides is 1. The van der Waals surface area contributed by atoms with Crippen molar-refractivity contribution in [2.24, 2.45) is 0 Å². The van der Waals surface area contributed by atoms with E-state index in [2.05, 4.69) is 0 Å². The third-order valence-electron chi connectivity index (χ3n) is 2.84.